The third-order valence-electron chi connectivity index (χ3n) is 4.60. The summed E-state index contributed by atoms with van der Waals surface area (Å²) in [5.41, 5.74) is 0.918. The molecule has 1 aliphatic carbocycles. The van der Waals surface area contributed by atoms with Gasteiger partial charge in [-0.15, -0.1) is 11.3 Å². The molecular formula is C23H19ClN2O4S. The third-order valence-corrected chi connectivity index (χ3v) is 6.25. The van der Waals surface area contributed by atoms with Crippen LogP contribution in [0.1, 0.15) is 28.1 Å². The molecule has 8 heteroatoms. The molecule has 4 rings (SSSR count). The van der Waals surface area contributed by atoms with E-state index >= 15 is 0 Å². The maximum Gasteiger partial charge on any atom is 0.331 e. The van der Waals surface area contributed by atoms with Gasteiger partial charge in [-0.3, -0.25) is 9.59 Å². The van der Waals surface area contributed by atoms with E-state index in [1.54, 1.807) is 30.3 Å². The maximum atomic E-state index is 12.1. The van der Waals surface area contributed by atoms with Crippen LogP contribution in [0.3, 0.4) is 0 Å². The Kier molecular flexibility index (Phi) is 6.34. The van der Waals surface area contributed by atoms with Crippen molar-refractivity contribution in [3.05, 3.63) is 70.1 Å². The number of carbonyl (C=O) groups excluding carboxylic acids is 3. The second kappa shape index (κ2) is 9.32. The van der Waals surface area contributed by atoms with Crippen molar-refractivity contribution in [1.29, 1.82) is 0 Å². The van der Waals surface area contributed by atoms with E-state index in [1.807, 2.05) is 24.3 Å². The number of esters is 1. The Hall–Kier alpha value is -3.16. The average Bonchev–Trinajstić information content (AvgIpc) is 3.53. The molecule has 3 aromatic rings. The summed E-state index contributed by atoms with van der Waals surface area (Å²) >= 11 is 7.80. The van der Waals surface area contributed by atoms with Gasteiger partial charge in [0, 0.05) is 38.3 Å². The average molecular weight is 455 g/mol. The van der Waals surface area contributed by atoms with Crippen molar-refractivity contribution in [3.63, 3.8) is 0 Å². The van der Waals surface area contributed by atoms with Gasteiger partial charge in [-0.05, 0) is 43.2 Å². The van der Waals surface area contributed by atoms with Gasteiger partial charge in [-0.25, -0.2) is 4.79 Å². The Morgan fingerprint density at radius 3 is 2.71 bits per heavy atom. The molecule has 6 nitrogen and oxygen atoms in total. The zero-order chi connectivity index (χ0) is 21.8. The summed E-state index contributed by atoms with van der Waals surface area (Å²) < 4.78 is 6.02. The molecule has 1 heterocycles. The summed E-state index contributed by atoms with van der Waals surface area (Å²) in [4.78, 5) is 36.9. The third kappa shape index (κ3) is 5.51. The Balaban J connectivity index is 1.29. The van der Waals surface area contributed by atoms with Gasteiger partial charge < -0.3 is 15.4 Å². The molecule has 2 aromatic carbocycles. The summed E-state index contributed by atoms with van der Waals surface area (Å²) in [6, 6.07) is 14.5. The number of hydrogen-bond donors (Lipinski definition) is 2. The van der Waals surface area contributed by atoms with Crippen LogP contribution in [0.5, 0.6) is 0 Å². The molecule has 2 N–H and O–H groups in total. The first-order chi connectivity index (χ1) is 15.0. The van der Waals surface area contributed by atoms with Gasteiger partial charge >= 0.3 is 5.97 Å². The van der Waals surface area contributed by atoms with Crippen molar-refractivity contribution in [3.8, 4) is 0 Å². The number of amides is 2. The van der Waals surface area contributed by atoms with Crippen LogP contribution in [0.2, 0.25) is 5.02 Å². The van der Waals surface area contributed by atoms with E-state index in [0.29, 0.717) is 16.3 Å². The van der Waals surface area contributed by atoms with Crippen LogP contribution in [0.4, 0.5) is 5.69 Å². The van der Waals surface area contributed by atoms with Gasteiger partial charge in [0.1, 0.15) is 0 Å². The molecule has 1 saturated carbocycles. The lowest BCUT2D eigenvalue weighted by Gasteiger charge is -2.08. The van der Waals surface area contributed by atoms with Gasteiger partial charge in [-0.1, -0.05) is 35.9 Å². The number of halogens is 1. The number of carbonyl (C=O) groups is 3. The fourth-order valence-electron chi connectivity index (χ4n) is 2.90. The van der Waals surface area contributed by atoms with E-state index in [0.717, 1.165) is 27.8 Å². The molecule has 0 aliphatic heterocycles. The highest BCUT2D eigenvalue weighted by atomic mass is 35.5. The normalized spacial score (nSPS) is 13.3. The fourth-order valence-corrected chi connectivity index (χ4v) is 4.30. The smallest absolute Gasteiger partial charge is 0.331 e. The molecular weight excluding hydrogens is 436 g/mol. The van der Waals surface area contributed by atoms with Crippen LogP contribution in [0, 0.1) is 0 Å². The minimum Gasteiger partial charge on any atom is -0.452 e. The highest BCUT2D eigenvalue weighted by molar-refractivity contribution is 7.20. The van der Waals surface area contributed by atoms with Crippen molar-refractivity contribution in [1.82, 2.24) is 5.32 Å². The molecule has 1 fully saturated rings. The number of nitrogens with one attached hydrogen (secondary N) is 2. The minimum absolute atomic E-state index is 0.171. The molecule has 0 unspecified atom stereocenters. The summed E-state index contributed by atoms with van der Waals surface area (Å²) in [7, 11) is 0. The van der Waals surface area contributed by atoms with Gasteiger partial charge in [0.15, 0.2) is 6.61 Å². The van der Waals surface area contributed by atoms with Crippen molar-refractivity contribution in [2.24, 2.45) is 0 Å². The lowest BCUT2D eigenvalue weighted by Crippen LogP contribution is -2.25. The topological polar surface area (TPSA) is 84.5 Å². The first-order valence-corrected chi connectivity index (χ1v) is 10.9. The van der Waals surface area contributed by atoms with Gasteiger partial charge in [0.2, 0.25) is 0 Å². The quantitative estimate of drug-likeness (QED) is 0.402. The number of fused-ring (bicyclic) bond motifs is 1. The van der Waals surface area contributed by atoms with E-state index in [9.17, 15) is 14.4 Å². The standard InChI is InChI=1S/C23H19ClN2O4S/c24-22-17-6-1-2-7-18(17)31-19(22)10-11-21(28)30-13-20(27)25-16-5-3-4-14(12-16)23(29)26-15-8-9-15/h1-7,10-12,15H,8-9,13H2,(H,25,27)(H,26,29)/b11-10+. The zero-order valence-electron chi connectivity index (χ0n) is 16.4. The van der Waals surface area contributed by atoms with E-state index in [-0.39, 0.29) is 11.9 Å². The number of ether oxygens (including phenoxy) is 1. The molecule has 0 spiro atoms. The van der Waals surface area contributed by atoms with E-state index < -0.39 is 18.5 Å². The van der Waals surface area contributed by atoms with E-state index in [1.165, 1.54) is 17.4 Å². The molecule has 31 heavy (non-hydrogen) atoms. The Morgan fingerprint density at radius 2 is 1.94 bits per heavy atom. The minimum atomic E-state index is -0.652. The zero-order valence-corrected chi connectivity index (χ0v) is 18.0. The summed E-state index contributed by atoms with van der Waals surface area (Å²) in [6.45, 7) is -0.443. The second-order valence-corrected chi connectivity index (χ2v) is 8.56. The SMILES string of the molecule is O=C(COC(=O)/C=C/c1sc2ccccc2c1Cl)Nc1cccc(C(=O)NC2CC2)c1. The van der Waals surface area contributed by atoms with E-state index in [4.69, 9.17) is 16.3 Å². The monoisotopic (exact) mass is 454 g/mol. The summed E-state index contributed by atoms with van der Waals surface area (Å²) in [6.07, 6.45) is 4.82. The molecule has 0 atom stereocenters. The molecule has 0 saturated heterocycles. The predicted octanol–water partition coefficient (Wildman–Crippen LogP) is 4.64. The molecule has 1 aromatic heterocycles. The Morgan fingerprint density at radius 1 is 1.13 bits per heavy atom. The van der Waals surface area contributed by atoms with Crippen molar-refractivity contribution in [2.45, 2.75) is 18.9 Å². The number of benzene rings is 2. The lowest BCUT2D eigenvalue weighted by molar-refractivity contribution is -0.142. The van der Waals surface area contributed by atoms with Gasteiger partial charge in [0.05, 0.1) is 5.02 Å². The van der Waals surface area contributed by atoms with Crippen molar-refractivity contribution in [2.75, 3.05) is 11.9 Å². The Bertz CT molecular complexity index is 1180. The van der Waals surface area contributed by atoms with Crippen molar-refractivity contribution >= 4 is 62.6 Å². The largest absolute Gasteiger partial charge is 0.452 e. The summed E-state index contributed by atoms with van der Waals surface area (Å²) in [5, 5.41) is 7.02. The molecule has 0 radical (unpaired) electrons. The first kappa shape index (κ1) is 21.1. The van der Waals surface area contributed by atoms with E-state index in [2.05, 4.69) is 10.6 Å². The van der Waals surface area contributed by atoms with Crippen LogP contribution < -0.4 is 10.6 Å². The number of hydrogen-bond acceptors (Lipinski definition) is 5. The molecule has 0 bridgehead atoms. The second-order valence-electron chi connectivity index (χ2n) is 7.09. The number of anilines is 1. The molecule has 1 aliphatic rings. The summed E-state index contributed by atoms with van der Waals surface area (Å²) in [5.74, 6) is -1.32. The van der Waals surface area contributed by atoms with Crippen LogP contribution in [-0.4, -0.2) is 30.4 Å². The Labute approximate surface area is 187 Å². The van der Waals surface area contributed by atoms with Crippen molar-refractivity contribution < 1.29 is 19.1 Å². The highest BCUT2D eigenvalue weighted by Crippen LogP contribution is 2.35. The lowest BCUT2D eigenvalue weighted by atomic mass is 10.2. The first-order valence-electron chi connectivity index (χ1n) is 9.72. The van der Waals surface area contributed by atoms with Gasteiger partial charge in [-0.2, -0.15) is 0 Å². The number of thiophene rings is 1. The van der Waals surface area contributed by atoms with Crippen LogP contribution in [0.15, 0.2) is 54.6 Å². The number of rotatable bonds is 7. The van der Waals surface area contributed by atoms with Crippen LogP contribution in [-0.2, 0) is 14.3 Å². The van der Waals surface area contributed by atoms with Gasteiger partial charge in [0.25, 0.3) is 11.8 Å². The fraction of sp³-hybridized carbons (Fsp3) is 0.174. The maximum absolute atomic E-state index is 12.1. The molecule has 2 amide bonds. The predicted molar refractivity (Wildman–Crippen MR) is 122 cm³/mol. The van der Waals surface area contributed by atoms with Crippen LogP contribution in [0.25, 0.3) is 16.2 Å². The van der Waals surface area contributed by atoms with Crippen LogP contribution >= 0.6 is 22.9 Å². The molecule has 158 valence electrons. The highest BCUT2D eigenvalue weighted by Gasteiger charge is 2.23.